The van der Waals surface area contributed by atoms with Gasteiger partial charge < -0.3 is 10.4 Å². The molecule has 106 valence electrons. The Morgan fingerprint density at radius 3 is 2.53 bits per heavy atom. The highest BCUT2D eigenvalue weighted by Gasteiger charge is 2.22. The van der Waals surface area contributed by atoms with E-state index in [1.807, 2.05) is 0 Å². The number of hydrogen-bond donors (Lipinski definition) is 2. The van der Waals surface area contributed by atoms with Gasteiger partial charge in [0, 0.05) is 12.5 Å². The smallest absolute Gasteiger partial charge is 0.242 e. The Balaban J connectivity index is 1.95. The molecule has 0 spiro atoms. The molecule has 0 radical (unpaired) electrons. The predicted molar refractivity (Wildman–Crippen MR) is 75.0 cm³/mol. The van der Waals surface area contributed by atoms with Crippen LogP contribution in [0.15, 0.2) is 0 Å². The maximum absolute atomic E-state index is 9.93. The van der Waals surface area contributed by atoms with E-state index in [1.165, 1.54) is 6.42 Å². The second kappa shape index (κ2) is 6.80. The average Bonchev–Trinajstić information content (AvgIpc) is 2.46. The normalized spacial score (nSPS) is 23.3. The summed E-state index contributed by atoms with van der Waals surface area (Å²) >= 11 is 0. The van der Waals surface area contributed by atoms with Crippen molar-refractivity contribution in [2.45, 2.75) is 58.5 Å². The first-order valence-corrected chi connectivity index (χ1v) is 7.39. The lowest BCUT2D eigenvalue weighted by Gasteiger charge is -2.27. The van der Waals surface area contributed by atoms with Crippen molar-refractivity contribution >= 4 is 5.95 Å². The summed E-state index contributed by atoms with van der Waals surface area (Å²) in [7, 11) is 0. The van der Waals surface area contributed by atoms with Gasteiger partial charge in [-0.3, -0.25) is 0 Å². The number of aliphatic hydroxyl groups excluding tert-OH is 1. The summed E-state index contributed by atoms with van der Waals surface area (Å²) < 4.78 is 0. The number of nitrogens with one attached hydrogen (secondary N) is 1. The SMILES string of the molecule is CCc1nnc(NCC2CCCCC2O)nc1CC. The van der Waals surface area contributed by atoms with Gasteiger partial charge in [0.25, 0.3) is 0 Å². The lowest BCUT2D eigenvalue weighted by atomic mass is 9.86. The van der Waals surface area contributed by atoms with Gasteiger partial charge in [-0.05, 0) is 25.7 Å². The molecule has 0 aromatic carbocycles. The van der Waals surface area contributed by atoms with Gasteiger partial charge in [0.05, 0.1) is 17.5 Å². The summed E-state index contributed by atoms with van der Waals surface area (Å²) in [5.74, 6) is 0.903. The molecule has 1 saturated carbocycles. The first-order valence-electron chi connectivity index (χ1n) is 7.39. The van der Waals surface area contributed by atoms with Gasteiger partial charge in [-0.15, -0.1) is 5.10 Å². The minimum atomic E-state index is -0.185. The average molecular weight is 264 g/mol. The van der Waals surface area contributed by atoms with Crippen molar-refractivity contribution < 1.29 is 5.11 Å². The van der Waals surface area contributed by atoms with Crippen LogP contribution >= 0.6 is 0 Å². The molecule has 2 rings (SSSR count). The van der Waals surface area contributed by atoms with Gasteiger partial charge in [0.15, 0.2) is 0 Å². The van der Waals surface area contributed by atoms with E-state index in [-0.39, 0.29) is 6.10 Å². The summed E-state index contributed by atoms with van der Waals surface area (Å²) in [4.78, 5) is 4.51. The molecule has 19 heavy (non-hydrogen) atoms. The lowest BCUT2D eigenvalue weighted by Crippen LogP contribution is -2.30. The van der Waals surface area contributed by atoms with Crippen molar-refractivity contribution in [2.24, 2.45) is 5.92 Å². The zero-order valence-electron chi connectivity index (χ0n) is 11.9. The van der Waals surface area contributed by atoms with E-state index < -0.39 is 0 Å². The van der Waals surface area contributed by atoms with Crippen molar-refractivity contribution in [3.8, 4) is 0 Å². The molecule has 1 aliphatic rings. The fourth-order valence-corrected chi connectivity index (χ4v) is 2.66. The Morgan fingerprint density at radius 1 is 1.11 bits per heavy atom. The van der Waals surface area contributed by atoms with Crippen LogP contribution in [0.5, 0.6) is 0 Å². The number of aliphatic hydroxyl groups is 1. The van der Waals surface area contributed by atoms with Gasteiger partial charge in [-0.2, -0.15) is 5.10 Å². The fraction of sp³-hybridized carbons (Fsp3) is 0.786. The molecule has 0 aliphatic heterocycles. The molecular formula is C14H24N4O. The lowest BCUT2D eigenvalue weighted by molar-refractivity contribution is 0.0762. The van der Waals surface area contributed by atoms with E-state index >= 15 is 0 Å². The molecule has 1 aromatic heterocycles. The summed E-state index contributed by atoms with van der Waals surface area (Å²) in [6.45, 7) is 4.88. The predicted octanol–water partition coefficient (Wildman–Crippen LogP) is 1.96. The van der Waals surface area contributed by atoms with Crippen LogP contribution in [0.3, 0.4) is 0 Å². The van der Waals surface area contributed by atoms with E-state index in [2.05, 4.69) is 34.3 Å². The maximum atomic E-state index is 9.93. The van der Waals surface area contributed by atoms with Crippen LogP contribution in [0.4, 0.5) is 5.95 Å². The molecule has 2 atom stereocenters. The zero-order valence-corrected chi connectivity index (χ0v) is 11.9. The monoisotopic (exact) mass is 264 g/mol. The molecule has 0 amide bonds. The second-order valence-electron chi connectivity index (χ2n) is 5.23. The third kappa shape index (κ3) is 3.62. The quantitative estimate of drug-likeness (QED) is 0.850. The summed E-state index contributed by atoms with van der Waals surface area (Å²) in [5.41, 5.74) is 2.00. The van der Waals surface area contributed by atoms with E-state index in [9.17, 15) is 5.11 Å². The van der Waals surface area contributed by atoms with Crippen LogP contribution in [0.25, 0.3) is 0 Å². The highest BCUT2D eigenvalue weighted by Crippen LogP contribution is 2.24. The number of rotatable bonds is 5. The minimum absolute atomic E-state index is 0.185. The molecule has 2 unspecified atom stereocenters. The first kappa shape index (κ1) is 14.2. The van der Waals surface area contributed by atoms with Crippen molar-refractivity contribution in [1.82, 2.24) is 15.2 Å². The minimum Gasteiger partial charge on any atom is -0.393 e. The van der Waals surface area contributed by atoms with Crippen LogP contribution < -0.4 is 5.32 Å². The highest BCUT2D eigenvalue weighted by molar-refractivity contribution is 5.25. The Labute approximate surface area is 114 Å². The van der Waals surface area contributed by atoms with Gasteiger partial charge in [0.1, 0.15) is 0 Å². The van der Waals surface area contributed by atoms with Gasteiger partial charge in [-0.1, -0.05) is 26.7 Å². The van der Waals surface area contributed by atoms with E-state index in [4.69, 9.17) is 0 Å². The summed E-state index contributed by atoms with van der Waals surface area (Å²) in [6, 6.07) is 0. The molecule has 5 heteroatoms. The number of aryl methyl sites for hydroxylation is 2. The Bertz CT molecular complexity index is 410. The third-order valence-corrected chi connectivity index (χ3v) is 3.90. The van der Waals surface area contributed by atoms with E-state index in [1.54, 1.807) is 0 Å². The van der Waals surface area contributed by atoms with Crippen molar-refractivity contribution in [3.63, 3.8) is 0 Å². The maximum Gasteiger partial charge on any atom is 0.242 e. The number of hydrogen-bond acceptors (Lipinski definition) is 5. The first-order chi connectivity index (χ1) is 9.24. The van der Waals surface area contributed by atoms with Crippen molar-refractivity contribution in [2.75, 3.05) is 11.9 Å². The Morgan fingerprint density at radius 2 is 1.84 bits per heavy atom. The molecule has 0 bridgehead atoms. The van der Waals surface area contributed by atoms with Crippen LogP contribution in [0.2, 0.25) is 0 Å². The molecule has 1 aliphatic carbocycles. The molecule has 2 N–H and O–H groups in total. The topological polar surface area (TPSA) is 70.9 Å². The van der Waals surface area contributed by atoms with Gasteiger partial charge >= 0.3 is 0 Å². The summed E-state index contributed by atoms with van der Waals surface area (Å²) in [6.07, 6.45) is 5.90. The molecule has 1 fully saturated rings. The zero-order chi connectivity index (χ0) is 13.7. The third-order valence-electron chi connectivity index (χ3n) is 3.90. The van der Waals surface area contributed by atoms with Gasteiger partial charge in [0.2, 0.25) is 5.95 Å². The molecular weight excluding hydrogens is 240 g/mol. The second-order valence-corrected chi connectivity index (χ2v) is 5.23. The molecule has 1 heterocycles. The largest absolute Gasteiger partial charge is 0.393 e. The standard InChI is InChI=1S/C14H24N4O/c1-3-11-12(4-2)17-18-14(16-11)15-9-10-7-5-6-8-13(10)19/h10,13,19H,3-9H2,1-2H3,(H,15,16,18). The van der Waals surface area contributed by atoms with Crippen molar-refractivity contribution in [3.05, 3.63) is 11.4 Å². The highest BCUT2D eigenvalue weighted by atomic mass is 16.3. The number of aromatic nitrogens is 3. The fourth-order valence-electron chi connectivity index (χ4n) is 2.66. The summed E-state index contributed by atoms with van der Waals surface area (Å²) in [5, 5.41) is 21.5. The van der Waals surface area contributed by atoms with Crippen LogP contribution in [-0.4, -0.2) is 32.9 Å². The van der Waals surface area contributed by atoms with Crippen LogP contribution in [-0.2, 0) is 12.8 Å². The number of nitrogens with zero attached hydrogens (tertiary/aromatic N) is 3. The van der Waals surface area contributed by atoms with Crippen LogP contribution in [0, 0.1) is 5.92 Å². The molecule has 1 aromatic rings. The van der Waals surface area contributed by atoms with Gasteiger partial charge in [-0.25, -0.2) is 4.98 Å². The number of anilines is 1. The molecule has 0 saturated heterocycles. The molecule has 5 nitrogen and oxygen atoms in total. The Hall–Kier alpha value is -1.23. The Kier molecular flexibility index (Phi) is 5.07. The van der Waals surface area contributed by atoms with E-state index in [0.717, 1.165) is 50.0 Å². The van der Waals surface area contributed by atoms with E-state index in [0.29, 0.717) is 11.9 Å². The van der Waals surface area contributed by atoms with Crippen molar-refractivity contribution in [1.29, 1.82) is 0 Å². The van der Waals surface area contributed by atoms with Crippen LogP contribution in [0.1, 0.15) is 50.9 Å².